The predicted octanol–water partition coefficient (Wildman–Crippen LogP) is 3.30. The molecule has 1 heteroatoms. The molecule has 0 atom stereocenters. The fourth-order valence-corrected chi connectivity index (χ4v) is 2.18. The minimum atomic E-state index is 0.458. The summed E-state index contributed by atoms with van der Waals surface area (Å²) in [5, 5.41) is 0. The molecule has 1 aromatic carbocycles. The van der Waals surface area contributed by atoms with Crippen molar-refractivity contribution in [2.24, 2.45) is 0 Å². The second-order valence-corrected chi connectivity index (χ2v) is 4.02. The Bertz CT molecular complexity index is 247. The van der Waals surface area contributed by atoms with Gasteiger partial charge in [-0.05, 0) is 24.3 Å². The largest absolute Gasteiger partial charge is 0.0773 e. The van der Waals surface area contributed by atoms with Crippen LogP contribution in [-0.4, -0.2) is 7.85 Å². The third-order valence-corrected chi connectivity index (χ3v) is 3.04. The average molecular weight is 170 g/mol. The van der Waals surface area contributed by atoms with Gasteiger partial charge in [0.05, 0.1) is 7.85 Å². The summed E-state index contributed by atoms with van der Waals surface area (Å²) in [7, 11) is 5.88. The summed E-state index contributed by atoms with van der Waals surface area (Å²) >= 11 is 0. The Kier molecular flexibility index (Phi) is 2.72. The normalized spacial score (nSPS) is 28.6. The molecular weight excluding hydrogens is 155 g/mol. The molecule has 0 aliphatic heterocycles. The molecular formula is C12H15B. The van der Waals surface area contributed by atoms with E-state index in [1.165, 1.54) is 31.2 Å². The van der Waals surface area contributed by atoms with Crippen LogP contribution in [0.1, 0.15) is 37.2 Å². The van der Waals surface area contributed by atoms with Crippen LogP contribution in [0.2, 0.25) is 5.82 Å². The summed E-state index contributed by atoms with van der Waals surface area (Å²) in [6.45, 7) is 0. The van der Waals surface area contributed by atoms with Gasteiger partial charge in [-0.15, -0.1) is 0 Å². The van der Waals surface area contributed by atoms with Gasteiger partial charge in [-0.1, -0.05) is 49.0 Å². The Labute approximate surface area is 81.8 Å². The van der Waals surface area contributed by atoms with Crippen molar-refractivity contribution in [3.63, 3.8) is 0 Å². The van der Waals surface area contributed by atoms with Crippen molar-refractivity contribution in [3.8, 4) is 0 Å². The number of hydrogen-bond donors (Lipinski definition) is 0. The molecule has 66 valence electrons. The third kappa shape index (κ3) is 2.15. The minimum absolute atomic E-state index is 0.458. The second-order valence-electron chi connectivity index (χ2n) is 4.02. The summed E-state index contributed by atoms with van der Waals surface area (Å²) in [6.07, 6.45) is 4.93. The van der Waals surface area contributed by atoms with E-state index in [2.05, 4.69) is 30.3 Å². The summed E-state index contributed by atoms with van der Waals surface area (Å²) in [5.41, 5.74) is 1.49. The zero-order chi connectivity index (χ0) is 9.10. The van der Waals surface area contributed by atoms with Crippen molar-refractivity contribution in [2.45, 2.75) is 37.4 Å². The summed E-state index contributed by atoms with van der Waals surface area (Å²) < 4.78 is 0. The van der Waals surface area contributed by atoms with Crippen LogP contribution in [0.25, 0.3) is 0 Å². The highest BCUT2D eigenvalue weighted by molar-refractivity contribution is 6.11. The van der Waals surface area contributed by atoms with E-state index < -0.39 is 0 Å². The van der Waals surface area contributed by atoms with Crippen LogP contribution in [0.5, 0.6) is 0 Å². The summed E-state index contributed by atoms with van der Waals surface area (Å²) in [6, 6.07) is 10.8. The first-order valence-electron chi connectivity index (χ1n) is 5.17. The van der Waals surface area contributed by atoms with Crippen LogP contribution in [-0.2, 0) is 0 Å². The molecule has 1 fully saturated rings. The van der Waals surface area contributed by atoms with Crippen molar-refractivity contribution in [1.29, 1.82) is 0 Å². The lowest BCUT2D eigenvalue weighted by atomic mass is 9.70. The quantitative estimate of drug-likeness (QED) is 0.567. The molecule has 1 aliphatic rings. The van der Waals surface area contributed by atoms with Gasteiger partial charge >= 0.3 is 0 Å². The molecule has 0 amide bonds. The Morgan fingerprint density at radius 2 is 1.54 bits per heavy atom. The maximum absolute atomic E-state index is 5.88. The topological polar surface area (TPSA) is 0 Å². The van der Waals surface area contributed by atoms with Crippen LogP contribution in [0.4, 0.5) is 0 Å². The van der Waals surface area contributed by atoms with Gasteiger partial charge in [0.15, 0.2) is 0 Å². The highest BCUT2D eigenvalue weighted by Crippen LogP contribution is 2.36. The summed E-state index contributed by atoms with van der Waals surface area (Å²) in [5.74, 6) is 1.22. The van der Waals surface area contributed by atoms with E-state index in [0.717, 1.165) is 5.92 Å². The second kappa shape index (κ2) is 4.00. The fourth-order valence-electron chi connectivity index (χ4n) is 2.18. The lowest BCUT2D eigenvalue weighted by Crippen LogP contribution is -2.09. The standard InChI is InChI=1S/C12H15B/c13-12-8-6-11(7-9-12)10-4-2-1-3-5-10/h1-5,11-12H,6-9H2. The van der Waals surface area contributed by atoms with Gasteiger partial charge in [-0.25, -0.2) is 0 Å². The van der Waals surface area contributed by atoms with E-state index in [4.69, 9.17) is 7.85 Å². The van der Waals surface area contributed by atoms with Gasteiger partial charge in [0.2, 0.25) is 0 Å². The number of hydrogen-bond acceptors (Lipinski definition) is 0. The van der Waals surface area contributed by atoms with Crippen LogP contribution in [0.3, 0.4) is 0 Å². The molecule has 0 heterocycles. The maximum atomic E-state index is 5.88. The van der Waals surface area contributed by atoms with Crippen molar-refractivity contribution in [2.75, 3.05) is 0 Å². The van der Waals surface area contributed by atoms with Crippen LogP contribution < -0.4 is 0 Å². The smallest absolute Gasteiger partial charge is 0.0699 e. The van der Waals surface area contributed by atoms with E-state index >= 15 is 0 Å². The fraction of sp³-hybridized carbons (Fsp3) is 0.500. The molecule has 0 unspecified atom stereocenters. The first kappa shape index (κ1) is 8.86. The Morgan fingerprint density at radius 1 is 0.923 bits per heavy atom. The van der Waals surface area contributed by atoms with Crippen LogP contribution >= 0.6 is 0 Å². The number of rotatable bonds is 1. The predicted molar refractivity (Wildman–Crippen MR) is 57.2 cm³/mol. The van der Waals surface area contributed by atoms with Gasteiger partial charge in [0.25, 0.3) is 0 Å². The molecule has 1 aliphatic carbocycles. The molecule has 0 N–H and O–H groups in total. The highest BCUT2D eigenvalue weighted by atomic mass is 14.2. The monoisotopic (exact) mass is 170 g/mol. The maximum Gasteiger partial charge on any atom is 0.0699 e. The third-order valence-electron chi connectivity index (χ3n) is 3.04. The lowest BCUT2D eigenvalue weighted by molar-refractivity contribution is 0.444. The Morgan fingerprint density at radius 3 is 2.15 bits per heavy atom. The van der Waals surface area contributed by atoms with Crippen molar-refractivity contribution < 1.29 is 0 Å². The van der Waals surface area contributed by atoms with Gasteiger partial charge in [0, 0.05) is 0 Å². The van der Waals surface area contributed by atoms with Gasteiger partial charge in [-0.3, -0.25) is 0 Å². The van der Waals surface area contributed by atoms with E-state index in [9.17, 15) is 0 Å². The first-order valence-corrected chi connectivity index (χ1v) is 5.17. The molecule has 0 saturated heterocycles. The molecule has 0 bridgehead atoms. The molecule has 1 saturated carbocycles. The molecule has 2 radical (unpaired) electrons. The SMILES string of the molecule is [B]C1CCC(c2ccccc2)CC1. The van der Waals surface area contributed by atoms with Crippen molar-refractivity contribution in [1.82, 2.24) is 0 Å². The zero-order valence-corrected chi connectivity index (χ0v) is 7.95. The van der Waals surface area contributed by atoms with E-state index in [0.29, 0.717) is 5.82 Å². The van der Waals surface area contributed by atoms with Crippen LogP contribution in [0, 0.1) is 0 Å². The number of benzene rings is 1. The zero-order valence-electron chi connectivity index (χ0n) is 7.95. The Balaban J connectivity index is 2.03. The first-order chi connectivity index (χ1) is 6.36. The molecule has 0 spiro atoms. The van der Waals surface area contributed by atoms with Crippen molar-refractivity contribution >= 4 is 7.85 Å². The minimum Gasteiger partial charge on any atom is -0.0773 e. The molecule has 1 aromatic rings. The van der Waals surface area contributed by atoms with E-state index in [1.807, 2.05) is 0 Å². The molecule has 0 aromatic heterocycles. The van der Waals surface area contributed by atoms with Gasteiger partial charge in [-0.2, -0.15) is 0 Å². The van der Waals surface area contributed by atoms with Crippen molar-refractivity contribution in [3.05, 3.63) is 35.9 Å². The lowest BCUT2D eigenvalue weighted by Gasteiger charge is -2.26. The van der Waals surface area contributed by atoms with Gasteiger partial charge in [0.1, 0.15) is 0 Å². The Hall–Kier alpha value is -0.715. The molecule has 2 rings (SSSR count). The van der Waals surface area contributed by atoms with Crippen LogP contribution in [0.15, 0.2) is 30.3 Å². The average Bonchev–Trinajstić information content (AvgIpc) is 2.20. The van der Waals surface area contributed by atoms with Gasteiger partial charge < -0.3 is 0 Å². The summed E-state index contributed by atoms with van der Waals surface area (Å²) in [4.78, 5) is 0. The van der Waals surface area contributed by atoms with E-state index in [-0.39, 0.29) is 0 Å². The molecule has 13 heavy (non-hydrogen) atoms. The molecule has 0 nitrogen and oxygen atoms in total. The van der Waals surface area contributed by atoms with E-state index in [1.54, 1.807) is 0 Å². The highest BCUT2D eigenvalue weighted by Gasteiger charge is 2.18.